The van der Waals surface area contributed by atoms with Crippen molar-refractivity contribution in [1.29, 1.82) is 0 Å². The maximum Gasteiger partial charge on any atom is 0.288 e. The van der Waals surface area contributed by atoms with Gasteiger partial charge in [-0.25, -0.2) is 4.68 Å². The zero-order valence-electron chi connectivity index (χ0n) is 16.3. The molecule has 1 atom stereocenters. The van der Waals surface area contributed by atoms with E-state index < -0.39 is 5.56 Å². The standard InChI is InChI=1S/C20H22Cl2N6O2/c21-14-6-3-13(4-7-14)5-8-17-25-18(30-26-17)12-28-20(29)19(22)16(11-24-28)27-9-1-2-15(27)10-23/h3-4,6-7,11,15H,1-2,5,8-10,12,23H2/t15-/m1/s1. The van der Waals surface area contributed by atoms with Gasteiger partial charge < -0.3 is 15.2 Å². The molecule has 1 fully saturated rings. The monoisotopic (exact) mass is 448 g/mol. The molecule has 10 heteroatoms. The van der Waals surface area contributed by atoms with Crippen LogP contribution in [0.1, 0.15) is 30.1 Å². The summed E-state index contributed by atoms with van der Waals surface area (Å²) in [4.78, 5) is 19.1. The number of aromatic nitrogens is 4. The molecular weight excluding hydrogens is 427 g/mol. The second kappa shape index (κ2) is 9.16. The molecule has 4 rings (SSSR count). The number of rotatable bonds is 7. The van der Waals surface area contributed by atoms with Crippen LogP contribution in [0.5, 0.6) is 0 Å². The van der Waals surface area contributed by atoms with Crippen molar-refractivity contribution in [3.8, 4) is 0 Å². The van der Waals surface area contributed by atoms with Gasteiger partial charge in [0.05, 0.1) is 11.9 Å². The SMILES string of the molecule is NC[C@H]1CCCN1c1cnn(Cc2nc(CCc3ccc(Cl)cc3)no2)c(=O)c1Cl. The minimum Gasteiger partial charge on any atom is -0.365 e. The first-order chi connectivity index (χ1) is 14.5. The predicted octanol–water partition coefficient (Wildman–Crippen LogP) is 2.69. The van der Waals surface area contributed by atoms with E-state index in [4.69, 9.17) is 33.5 Å². The lowest BCUT2D eigenvalue weighted by molar-refractivity contribution is 0.358. The Bertz CT molecular complexity index is 1070. The molecule has 0 saturated carbocycles. The summed E-state index contributed by atoms with van der Waals surface area (Å²) in [6.07, 6.45) is 4.98. The molecule has 0 spiro atoms. The zero-order valence-corrected chi connectivity index (χ0v) is 17.8. The Balaban J connectivity index is 1.44. The third kappa shape index (κ3) is 4.50. The van der Waals surface area contributed by atoms with Crippen molar-refractivity contribution in [1.82, 2.24) is 19.9 Å². The third-order valence-electron chi connectivity index (χ3n) is 5.27. The molecule has 8 nitrogen and oxygen atoms in total. The van der Waals surface area contributed by atoms with Gasteiger partial charge in [0.2, 0.25) is 5.89 Å². The molecule has 2 aromatic heterocycles. The van der Waals surface area contributed by atoms with E-state index in [-0.39, 0.29) is 17.6 Å². The number of halogens is 2. The van der Waals surface area contributed by atoms with Gasteiger partial charge in [-0.3, -0.25) is 4.79 Å². The fraction of sp³-hybridized carbons (Fsp3) is 0.400. The first-order valence-electron chi connectivity index (χ1n) is 9.83. The second-order valence-electron chi connectivity index (χ2n) is 7.26. The second-order valence-corrected chi connectivity index (χ2v) is 8.08. The van der Waals surface area contributed by atoms with Crippen LogP contribution >= 0.6 is 23.2 Å². The molecule has 1 aliphatic rings. The topological polar surface area (TPSA) is 103 Å². The van der Waals surface area contributed by atoms with Crippen LogP contribution in [0.15, 0.2) is 39.8 Å². The van der Waals surface area contributed by atoms with Crippen LogP contribution in [0, 0.1) is 0 Å². The van der Waals surface area contributed by atoms with Gasteiger partial charge in [0.25, 0.3) is 5.56 Å². The van der Waals surface area contributed by atoms with Crippen LogP contribution in [0.4, 0.5) is 5.69 Å². The van der Waals surface area contributed by atoms with Crippen molar-refractivity contribution in [2.45, 2.75) is 38.3 Å². The van der Waals surface area contributed by atoms with Gasteiger partial charge in [-0.15, -0.1) is 0 Å². The normalized spacial score (nSPS) is 16.4. The van der Waals surface area contributed by atoms with E-state index in [0.29, 0.717) is 35.4 Å². The van der Waals surface area contributed by atoms with Crippen molar-refractivity contribution >= 4 is 28.9 Å². The summed E-state index contributed by atoms with van der Waals surface area (Å²) in [7, 11) is 0. The Morgan fingerprint density at radius 1 is 1.20 bits per heavy atom. The minimum atomic E-state index is -0.391. The van der Waals surface area contributed by atoms with Gasteiger partial charge in [0.1, 0.15) is 11.6 Å². The van der Waals surface area contributed by atoms with E-state index in [1.807, 2.05) is 24.3 Å². The smallest absolute Gasteiger partial charge is 0.288 e. The van der Waals surface area contributed by atoms with Crippen LogP contribution < -0.4 is 16.2 Å². The quantitative estimate of drug-likeness (QED) is 0.592. The fourth-order valence-corrected chi connectivity index (χ4v) is 4.04. The number of nitrogens with zero attached hydrogens (tertiary/aromatic N) is 5. The van der Waals surface area contributed by atoms with Crippen molar-refractivity contribution in [2.75, 3.05) is 18.0 Å². The van der Waals surface area contributed by atoms with E-state index in [9.17, 15) is 4.79 Å². The Kier molecular flexibility index (Phi) is 6.36. The van der Waals surface area contributed by atoms with Crippen LogP contribution in [0.3, 0.4) is 0 Å². The maximum atomic E-state index is 12.7. The van der Waals surface area contributed by atoms with Crippen LogP contribution in [0.2, 0.25) is 10.0 Å². The maximum absolute atomic E-state index is 12.7. The average Bonchev–Trinajstić information content (AvgIpc) is 3.40. The van der Waals surface area contributed by atoms with Crippen LogP contribution in [-0.4, -0.2) is 39.1 Å². The number of benzene rings is 1. The number of nitrogens with two attached hydrogens (primary N) is 1. The van der Waals surface area contributed by atoms with E-state index in [0.717, 1.165) is 31.4 Å². The molecule has 1 aliphatic heterocycles. The Morgan fingerprint density at radius 2 is 2.00 bits per heavy atom. The first-order valence-corrected chi connectivity index (χ1v) is 10.6. The highest BCUT2D eigenvalue weighted by atomic mass is 35.5. The molecule has 0 aliphatic carbocycles. The average molecular weight is 449 g/mol. The molecule has 0 amide bonds. The van der Waals surface area contributed by atoms with E-state index in [1.54, 1.807) is 6.20 Å². The summed E-state index contributed by atoms with van der Waals surface area (Å²) in [5.41, 5.74) is 7.19. The number of hydrogen-bond acceptors (Lipinski definition) is 7. The van der Waals surface area contributed by atoms with Crippen LogP contribution in [0.25, 0.3) is 0 Å². The Hall–Kier alpha value is -2.42. The van der Waals surface area contributed by atoms with Gasteiger partial charge >= 0.3 is 0 Å². The lowest BCUT2D eigenvalue weighted by Gasteiger charge is -2.26. The van der Waals surface area contributed by atoms with Crippen molar-refractivity contribution in [3.05, 3.63) is 68.1 Å². The third-order valence-corrected chi connectivity index (χ3v) is 5.88. The molecule has 158 valence electrons. The van der Waals surface area contributed by atoms with Crippen LogP contribution in [-0.2, 0) is 19.4 Å². The summed E-state index contributed by atoms with van der Waals surface area (Å²) in [6.45, 7) is 1.39. The number of hydrogen-bond donors (Lipinski definition) is 1. The lowest BCUT2D eigenvalue weighted by atomic mass is 10.1. The van der Waals surface area contributed by atoms with E-state index >= 15 is 0 Å². The van der Waals surface area contributed by atoms with Gasteiger partial charge in [-0.05, 0) is 37.0 Å². The molecular formula is C20H22Cl2N6O2. The minimum absolute atomic E-state index is 0.0626. The molecule has 3 aromatic rings. The molecule has 2 N–H and O–H groups in total. The first kappa shape index (κ1) is 20.8. The zero-order chi connectivity index (χ0) is 21.1. The van der Waals surface area contributed by atoms with Crippen molar-refractivity contribution < 1.29 is 4.52 Å². The highest BCUT2D eigenvalue weighted by Gasteiger charge is 2.27. The Morgan fingerprint density at radius 3 is 2.77 bits per heavy atom. The molecule has 0 radical (unpaired) electrons. The molecule has 30 heavy (non-hydrogen) atoms. The summed E-state index contributed by atoms with van der Waals surface area (Å²) < 4.78 is 6.52. The van der Waals surface area contributed by atoms with E-state index in [1.165, 1.54) is 4.68 Å². The molecule has 1 aromatic carbocycles. The van der Waals surface area contributed by atoms with E-state index in [2.05, 4.69) is 20.1 Å². The predicted molar refractivity (Wildman–Crippen MR) is 115 cm³/mol. The van der Waals surface area contributed by atoms with Crippen molar-refractivity contribution in [2.24, 2.45) is 5.73 Å². The summed E-state index contributed by atoms with van der Waals surface area (Å²) >= 11 is 12.3. The van der Waals surface area contributed by atoms with Gasteiger partial charge in [-0.2, -0.15) is 10.1 Å². The fourth-order valence-electron chi connectivity index (χ4n) is 3.66. The van der Waals surface area contributed by atoms with Gasteiger partial charge in [0.15, 0.2) is 5.82 Å². The van der Waals surface area contributed by atoms with Crippen molar-refractivity contribution in [3.63, 3.8) is 0 Å². The lowest BCUT2D eigenvalue weighted by Crippen LogP contribution is -2.37. The van der Waals surface area contributed by atoms with Gasteiger partial charge in [-0.1, -0.05) is 40.5 Å². The summed E-state index contributed by atoms with van der Waals surface area (Å²) in [5.74, 6) is 0.874. The summed E-state index contributed by atoms with van der Waals surface area (Å²) in [5, 5.41) is 9.08. The van der Waals surface area contributed by atoms with Gasteiger partial charge in [0, 0.05) is 30.6 Å². The highest BCUT2D eigenvalue weighted by Crippen LogP contribution is 2.28. The largest absolute Gasteiger partial charge is 0.365 e. The number of anilines is 1. The molecule has 3 heterocycles. The summed E-state index contributed by atoms with van der Waals surface area (Å²) in [6, 6.07) is 7.81. The highest BCUT2D eigenvalue weighted by molar-refractivity contribution is 6.33. The molecule has 0 unspecified atom stereocenters. The molecule has 0 bridgehead atoms. The Labute approximate surface area is 183 Å². The molecule has 1 saturated heterocycles. The number of aryl methyl sites for hydroxylation is 2.